The van der Waals surface area contributed by atoms with Gasteiger partial charge in [0.2, 0.25) is 5.91 Å². The quantitative estimate of drug-likeness (QED) is 0.887. The van der Waals surface area contributed by atoms with Crippen molar-refractivity contribution in [3.05, 3.63) is 29.5 Å². The molecule has 0 spiro atoms. The zero-order chi connectivity index (χ0) is 13.8. The van der Waals surface area contributed by atoms with Crippen molar-refractivity contribution in [3.63, 3.8) is 0 Å². The van der Waals surface area contributed by atoms with Gasteiger partial charge in [0.1, 0.15) is 6.04 Å². The lowest BCUT2D eigenvalue weighted by molar-refractivity contribution is -0.126. The minimum absolute atomic E-state index is 0. The molecule has 0 saturated carbocycles. The third-order valence-electron chi connectivity index (χ3n) is 2.97. The van der Waals surface area contributed by atoms with Gasteiger partial charge in [-0.3, -0.25) is 4.79 Å². The first-order chi connectivity index (χ1) is 9.83. The monoisotopic (exact) mass is 329 g/mol. The van der Waals surface area contributed by atoms with E-state index in [1.165, 1.54) is 11.3 Å². The summed E-state index contributed by atoms with van der Waals surface area (Å²) in [5.41, 5.74) is 0.825. The predicted octanol–water partition coefficient (Wildman–Crippen LogP) is 1.43. The Hall–Kier alpha value is -1.41. The van der Waals surface area contributed by atoms with Crippen molar-refractivity contribution < 1.29 is 13.9 Å². The van der Waals surface area contributed by atoms with E-state index in [1.807, 2.05) is 17.5 Å². The number of ether oxygens (including phenoxy) is 1. The summed E-state index contributed by atoms with van der Waals surface area (Å²) in [5, 5.41) is 8.71. The maximum Gasteiger partial charge on any atom is 0.239 e. The molecule has 1 saturated heterocycles. The molecule has 0 radical (unpaired) electrons. The van der Waals surface area contributed by atoms with Crippen LogP contribution in [0.1, 0.15) is 5.69 Å². The molecule has 8 heteroatoms. The maximum absolute atomic E-state index is 11.9. The molecular weight excluding hydrogens is 314 g/mol. The molecule has 2 aromatic heterocycles. The topological polar surface area (TPSA) is 76.4 Å². The van der Waals surface area contributed by atoms with Gasteiger partial charge in [-0.1, -0.05) is 0 Å². The van der Waals surface area contributed by atoms with Crippen LogP contribution < -0.4 is 10.6 Å². The van der Waals surface area contributed by atoms with E-state index in [9.17, 15) is 4.79 Å². The van der Waals surface area contributed by atoms with Crippen LogP contribution in [0.25, 0.3) is 10.8 Å². The van der Waals surface area contributed by atoms with Gasteiger partial charge in [-0.25, -0.2) is 4.98 Å². The summed E-state index contributed by atoms with van der Waals surface area (Å²) in [6, 6.07) is 3.42. The van der Waals surface area contributed by atoms with Crippen molar-refractivity contribution in [2.45, 2.75) is 12.6 Å². The van der Waals surface area contributed by atoms with Crippen LogP contribution in [0.2, 0.25) is 0 Å². The lowest BCUT2D eigenvalue weighted by Gasteiger charge is -2.22. The number of hydrogen-bond acceptors (Lipinski definition) is 6. The Morgan fingerprint density at radius 1 is 1.57 bits per heavy atom. The third-order valence-corrected chi connectivity index (χ3v) is 3.87. The number of amides is 1. The number of halogens is 1. The Morgan fingerprint density at radius 2 is 2.48 bits per heavy atom. The van der Waals surface area contributed by atoms with Gasteiger partial charge < -0.3 is 19.8 Å². The smallest absolute Gasteiger partial charge is 0.239 e. The van der Waals surface area contributed by atoms with Crippen molar-refractivity contribution in [1.82, 2.24) is 15.6 Å². The Kier molecular flexibility index (Phi) is 5.75. The van der Waals surface area contributed by atoms with Gasteiger partial charge in [0.25, 0.3) is 0 Å². The number of thiazole rings is 1. The highest BCUT2D eigenvalue weighted by Gasteiger charge is 2.20. The molecule has 1 atom stereocenters. The van der Waals surface area contributed by atoms with Crippen LogP contribution in [0.5, 0.6) is 0 Å². The highest BCUT2D eigenvalue weighted by atomic mass is 35.5. The fraction of sp³-hybridized carbons (Fsp3) is 0.385. The molecule has 1 amide bonds. The molecule has 1 aliphatic rings. The average Bonchev–Trinajstić information content (AvgIpc) is 3.16. The van der Waals surface area contributed by atoms with E-state index in [0.29, 0.717) is 26.3 Å². The average molecular weight is 330 g/mol. The van der Waals surface area contributed by atoms with Crippen molar-refractivity contribution in [1.29, 1.82) is 0 Å². The Morgan fingerprint density at radius 3 is 3.19 bits per heavy atom. The van der Waals surface area contributed by atoms with E-state index in [4.69, 9.17) is 9.15 Å². The zero-order valence-electron chi connectivity index (χ0n) is 11.2. The number of nitrogens with zero attached hydrogens (tertiary/aromatic N) is 1. The summed E-state index contributed by atoms with van der Waals surface area (Å²) < 4.78 is 10.5. The molecule has 1 unspecified atom stereocenters. The lowest BCUT2D eigenvalue weighted by Crippen LogP contribution is -2.51. The molecule has 6 nitrogen and oxygen atoms in total. The summed E-state index contributed by atoms with van der Waals surface area (Å²) in [5.74, 6) is 0.687. The standard InChI is InChI=1S/C13H15N3O3S.ClH/c17-12(10-7-18-5-3-14-10)15-6-9-8-20-13(16-9)11-2-1-4-19-11;/h1-2,4,8,10,14H,3,5-7H2,(H,15,17);1H. The van der Waals surface area contributed by atoms with Crippen LogP contribution in [0.15, 0.2) is 28.2 Å². The van der Waals surface area contributed by atoms with Crippen LogP contribution in [0, 0.1) is 0 Å². The van der Waals surface area contributed by atoms with E-state index in [2.05, 4.69) is 15.6 Å². The number of hydrogen-bond donors (Lipinski definition) is 2. The molecular formula is C13H16ClN3O3S. The molecule has 0 aromatic carbocycles. The van der Waals surface area contributed by atoms with E-state index in [-0.39, 0.29) is 24.4 Å². The van der Waals surface area contributed by atoms with Crippen LogP contribution in [-0.2, 0) is 16.1 Å². The second kappa shape index (κ2) is 7.56. The molecule has 3 heterocycles. The number of rotatable bonds is 4. The summed E-state index contributed by atoms with van der Waals surface area (Å²) >= 11 is 1.50. The fourth-order valence-electron chi connectivity index (χ4n) is 1.94. The summed E-state index contributed by atoms with van der Waals surface area (Å²) in [6.45, 7) is 2.19. The van der Waals surface area contributed by atoms with Gasteiger partial charge >= 0.3 is 0 Å². The number of carbonyl (C=O) groups excluding carboxylic acids is 1. The lowest BCUT2D eigenvalue weighted by atomic mass is 10.2. The molecule has 1 fully saturated rings. The zero-order valence-corrected chi connectivity index (χ0v) is 12.8. The second-order valence-corrected chi connectivity index (χ2v) is 5.28. The SMILES string of the molecule is Cl.O=C(NCc1csc(-c2ccco2)n1)C1COCCN1. The van der Waals surface area contributed by atoms with E-state index < -0.39 is 0 Å². The highest BCUT2D eigenvalue weighted by Crippen LogP contribution is 2.23. The van der Waals surface area contributed by atoms with E-state index >= 15 is 0 Å². The van der Waals surface area contributed by atoms with E-state index in [0.717, 1.165) is 16.5 Å². The van der Waals surface area contributed by atoms with Gasteiger partial charge in [-0.05, 0) is 12.1 Å². The van der Waals surface area contributed by atoms with Crippen LogP contribution in [-0.4, -0.2) is 36.7 Å². The number of furan rings is 1. The minimum Gasteiger partial charge on any atom is -0.462 e. The minimum atomic E-state index is -0.271. The molecule has 3 rings (SSSR count). The van der Waals surface area contributed by atoms with Crippen LogP contribution >= 0.6 is 23.7 Å². The van der Waals surface area contributed by atoms with Crippen molar-refractivity contribution in [2.75, 3.05) is 19.8 Å². The Bertz CT molecular complexity index is 567. The summed E-state index contributed by atoms with van der Waals surface area (Å²) in [4.78, 5) is 16.3. The number of aromatic nitrogens is 1. The molecule has 2 N–H and O–H groups in total. The number of nitrogens with one attached hydrogen (secondary N) is 2. The van der Waals surface area contributed by atoms with Gasteiger partial charge in [0, 0.05) is 11.9 Å². The Labute approximate surface area is 132 Å². The first kappa shape index (κ1) is 16.0. The molecule has 2 aromatic rings. The normalized spacial score (nSPS) is 18.0. The number of morpholine rings is 1. The molecule has 0 aliphatic carbocycles. The van der Waals surface area contributed by atoms with Gasteiger partial charge in [-0.15, -0.1) is 23.7 Å². The van der Waals surface area contributed by atoms with Crippen molar-refractivity contribution in [2.24, 2.45) is 0 Å². The van der Waals surface area contributed by atoms with Gasteiger partial charge in [0.15, 0.2) is 10.8 Å². The fourth-order valence-corrected chi connectivity index (χ4v) is 2.72. The number of carbonyl (C=O) groups is 1. The van der Waals surface area contributed by atoms with Crippen LogP contribution in [0.3, 0.4) is 0 Å². The first-order valence-corrected chi connectivity index (χ1v) is 7.28. The Balaban J connectivity index is 0.00000161. The van der Waals surface area contributed by atoms with E-state index in [1.54, 1.807) is 6.26 Å². The molecule has 1 aliphatic heterocycles. The predicted molar refractivity (Wildman–Crippen MR) is 81.5 cm³/mol. The first-order valence-electron chi connectivity index (χ1n) is 6.40. The van der Waals surface area contributed by atoms with Gasteiger partial charge in [0.05, 0.1) is 31.7 Å². The molecule has 114 valence electrons. The maximum atomic E-state index is 11.9. The van der Waals surface area contributed by atoms with Gasteiger partial charge in [-0.2, -0.15) is 0 Å². The highest BCUT2D eigenvalue weighted by molar-refractivity contribution is 7.13. The van der Waals surface area contributed by atoms with Crippen LogP contribution in [0.4, 0.5) is 0 Å². The molecule has 0 bridgehead atoms. The molecule has 21 heavy (non-hydrogen) atoms. The van der Waals surface area contributed by atoms with Crippen molar-refractivity contribution >= 4 is 29.7 Å². The van der Waals surface area contributed by atoms with Crippen molar-refractivity contribution in [3.8, 4) is 10.8 Å². The third kappa shape index (κ3) is 4.04. The summed E-state index contributed by atoms with van der Waals surface area (Å²) in [7, 11) is 0. The summed E-state index contributed by atoms with van der Waals surface area (Å²) in [6.07, 6.45) is 1.62. The second-order valence-electron chi connectivity index (χ2n) is 4.42. The largest absolute Gasteiger partial charge is 0.462 e.